The summed E-state index contributed by atoms with van der Waals surface area (Å²) in [6.45, 7) is 4.99. The number of hydrogen-bond acceptors (Lipinski definition) is 4. The van der Waals surface area contributed by atoms with Gasteiger partial charge < -0.3 is 20.1 Å². The number of nitrogens with one attached hydrogen (secondary N) is 2. The lowest BCUT2D eigenvalue weighted by Crippen LogP contribution is -2.49. The molecule has 96 valence electrons. The van der Waals surface area contributed by atoms with Crippen LogP contribution in [0.4, 0.5) is 0 Å². The molecular formula is C10H21ClN2O3. The number of ether oxygens (including phenoxy) is 2. The van der Waals surface area contributed by atoms with Gasteiger partial charge in [0.05, 0.1) is 25.3 Å². The minimum absolute atomic E-state index is 0. The highest BCUT2D eigenvalue weighted by molar-refractivity contribution is 5.85. The van der Waals surface area contributed by atoms with E-state index in [9.17, 15) is 4.79 Å². The van der Waals surface area contributed by atoms with E-state index in [0.29, 0.717) is 26.3 Å². The van der Waals surface area contributed by atoms with Crippen LogP contribution in [0.25, 0.3) is 0 Å². The maximum atomic E-state index is 11.5. The van der Waals surface area contributed by atoms with Crippen LogP contribution < -0.4 is 10.6 Å². The fourth-order valence-corrected chi connectivity index (χ4v) is 1.52. The van der Waals surface area contributed by atoms with Crippen LogP contribution in [0.1, 0.15) is 13.3 Å². The molecule has 1 unspecified atom stereocenters. The van der Waals surface area contributed by atoms with E-state index in [1.54, 1.807) is 7.11 Å². The normalized spacial score (nSPS) is 23.9. The Labute approximate surface area is 103 Å². The Morgan fingerprint density at radius 3 is 2.88 bits per heavy atom. The molecule has 1 aliphatic heterocycles. The van der Waals surface area contributed by atoms with E-state index in [-0.39, 0.29) is 23.9 Å². The highest BCUT2D eigenvalue weighted by atomic mass is 35.5. The molecule has 0 spiro atoms. The zero-order valence-electron chi connectivity index (χ0n) is 9.88. The van der Waals surface area contributed by atoms with Gasteiger partial charge >= 0.3 is 0 Å². The third kappa shape index (κ3) is 5.65. The maximum Gasteiger partial charge on any atom is 0.234 e. The molecule has 5 nitrogen and oxygen atoms in total. The number of methoxy groups -OCH3 is 1. The molecule has 1 atom stereocenters. The maximum absolute atomic E-state index is 11.5. The Morgan fingerprint density at radius 1 is 1.56 bits per heavy atom. The first-order chi connectivity index (χ1) is 7.16. The van der Waals surface area contributed by atoms with Crippen LogP contribution in [0.2, 0.25) is 0 Å². The van der Waals surface area contributed by atoms with Gasteiger partial charge in [0.25, 0.3) is 0 Å². The highest BCUT2D eigenvalue weighted by Gasteiger charge is 2.30. The van der Waals surface area contributed by atoms with Crippen LogP contribution in [0, 0.1) is 0 Å². The van der Waals surface area contributed by atoms with Crippen molar-refractivity contribution in [3.63, 3.8) is 0 Å². The number of carbonyl (C=O) groups excluding carboxylic acids is 1. The second-order valence-electron chi connectivity index (χ2n) is 4.08. The lowest BCUT2D eigenvalue weighted by atomic mass is 10.0. The van der Waals surface area contributed by atoms with Crippen molar-refractivity contribution in [2.24, 2.45) is 0 Å². The van der Waals surface area contributed by atoms with Crippen LogP contribution in [0.5, 0.6) is 0 Å². The quantitative estimate of drug-likeness (QED) is 0.651. The van der Waals surface area contributed by atoms with Crippen molar-refractivity contribution in [3.8, 4) is 0 Å². The zero-order chi connectivity index (χ0) is 11.1. The van der Waals surface area contributed by atoms with E-state index in [1.807, 2.05) is 6.92 Å². The Morgan fingerprint density at radius 2 is 2.31 bits per heavy atom. The molecule has 0 bridgehead atoms. The average Bonchev–Trinajstić information content (AvgIpc) is 2.59. The number of carbonyl (C=O) groups is 1. The summed E-state index contributed by atoms with van der Waals surface area (Å²) in [5.74, 6) is 0.0131. The zero-order valence-corrected chi connectivity index (χ0v) is 10.7. The van der Waals surface area contributed by atoms with Gasteiger partial charge in [-0.2, -0.15) is 0 Å². The highest BCUT2D eigenvalue weighted by Crippen LogP contribution is 2.16. The van der Waals surface area contributed by atoms with E-state index < -0.39 is 0 Å². The average molecular weight is 253 g/mol. The van der Waals surface area contributed by atoms with Gasteiger partial charge in [-0.05, 0) is 13.3 Å². The van der Waals surface area contributed by atoms with Gasteiger partial charge in [0, 0.05) is 20.3 Å². The summed E-state index contributed by atoms with van der Waals surface area (Å²) in [6.07, 6.45) is 0.886. The van der Waals surface area contributed by atoms with Gasteiger partial charge in [-0.1, -0.05) is 0 Å². The molecule has 0 aromatic carbocycles. The summed E-state index contributed by atoms with van der Waals surface area (Å²) in [5, 5.41) is 5.96. The Balaban J connectivity index is 0.00000225. The summed E-state index contributed by atoms with van der Waals surface area (Å²) in [5.41, 5.74) is -0.181. The van der Waals surface area contributed by atoms with Crippen molar-refractivity contribution in [3.05, 3.63) is 0 Å². The van der Waals surface area contributed by atoms with Gasteiger partial charge in [-0.3, -0.25) is 4.79 Å². The van der Waals surface area contributed by atoms with Gasteiger partial charge in [-0.15, -0.1) is 12.4 Å². The van der Waals surface area contributed by atoms with Gasteiger partial charge in [0.1, 0.15) is 0 Å². The molecule has 2 N–H and O–H groups in total. The third-order valence-corrected chi connectivity index (χ3v) is 2.43. The molecule has 1 fully saturated rings. The fourth-order valence-electron chi connectivity index (χ4n) is 1.52. The van der Waals surface area contributed by atoms with E-state index >= 15 is 0 Å². The number of hydrogen-bond donors (Lipinski definition) is 2. The smallest absolute Gasteiger partial charge is 0.234 e. The van der Waals surface area contributed by atoms with Crippen LogP contribution in [0.15, 0.2) is 0 Å². The topological polar surface area (TPSA) is 59.6 Å². The van der Waals surface area contributed by atoms with Gasteiger partial charge in [-0.25, -0.2) is 0 Å². The third-order valence-electron chi connectivity index (χ3n) is 2.43. The van der Waals surface area contributed by atoms with Crippen molar-refractivity contribution < 1.29 is 14.3 Å². The largest absolute Gasteiger partial charge is 0.383 e. The second kappa shape index (κ2) is 7.84. The molecule has 16 heavy (non-hydrogen) atoms. The SMILES string of the molecule is COCCNCC(=O)NC1(C)CCOC1.Cl. The van der Waals surface area contributed by atoms with Crippen molar-refractivity contribution >= 4 is 18.3 Å². The first-order valence-electron chi connectivity index (χ1n) is 5.25. The Kier molecular flexibility index (Phi) is 7.66. The second-order valence-corrected chi connectivity index (χ2v) is 4.08. The monoisotopic (exact) mass is 252 g/mol. The molecule has 1 heterocycles. The molecule has 0 aromatic rings. The lowest BCUT2D eigenvalue weighted by molar-refractivity contribution is -0.122. The van der Waals surface area contributed by atoms with Gasteiger partial charge in [0.15, 0.2) is 0 Å². The molecule has 0 saturated carbocycles. The fraction of sp³-hybridized carbons (Fsp3) is 0.900. The number of amides is 1. The Bertz CT molecular complexity index is 208. The van der Waals surface area contributed by atoms with Crippen LogP contribution in [-0.4, -0.2) is 51.5 Å². The Hall–Kier alpha value is -0.360. The standard InChI is InChI=1S/C10H20N2O3.ClH/c1-10(3-5-15-8-10)12-9(13)7-11-4-6-14-2;/h11H,3-8H2,1-2H3,(H,12,13);1H. The molecule has 0 aliphatic carbocycles. The van der Waals surface area contributed by atoms with E-state index in [1.165, 1.54) is 0 Å². The van der Waals surface area contributed by atoms with E-state index in [0.717, 1.165) is 13.0 Å². The molecule has 6 heteroatoms. The summed E-state index contributed by atoms with van der Waals surface area (Å²) < 4.78 is 10.1. The van der Waals surface area contributed by atoms with Crippen molar-refractivity contribution in [1.82, 2.24) is 10.6 Å². The molecule has 1 amide bonds. The minimum atomic E-state index is -0.181. The summed E-state index contributed by atoms with van der Waals surface area (Å²) in [6, 6.07) is 0. The summed E-state index contributed by atoms with van der Waals surface area (Å²) in [7, 11) is 1.64. The van der Waals surface area contributed by atoms with Gasteiger partial charge in [0.2, 0.25) is 5.91 Å². The molecule has 1 aliphatic rings. The summed E-state index contributed by atoms with van der Waals surface area (Å²) >= 11 is 0. The first-order valence-corrected chi connectivity index (χ1v) is 5.25. The molecular weight excluding hydrogens is 232 g/mol. The molecule has 1 rings (SSSR count). The number of rotatable bonds is 6. The molecule has 0 aromatic heterocycles. The molecule has 0 radical (unpaired) electrons. The minimum Gasteiger partial charge on any atom is -0.383 e. The van der Waals surface area contributed by atoms with Crippen molar-refractivity contribution in [1.29, 1.82) is 0 Å². The van der Waals surface area contributed by atoms with Crippen molar-refractivity contribution in [2.45, 2.75) is 18.9 Å². The predicted octanol–water partition coefficient (Wildman–Crippen LogP) is -0.0606. The van der Waals surface area contributed by atoms with Crippen LogP contribution in [-0.2, 0) is 14.3 Å². The molecule has 1 saturated heterocycles. The van der Waals surface area contributed by atoms with Crippen LogP contribution >= 0.6 is 12.4 Å². The van der Waals surface area contributed by atoms with Crippen molar-refractivity contribution in [2.75, 3.05) is 40.0 Å². The van der Waals surface area contributed by atoms with E-state index in [2.05, 4.69) is 10.6 Å². The first kappa shape index (κ1) is 15.6. The van der Waals surface area contributed by atoms with E-state index in [4.69, 9.17) is 9.47 Å². The summed E-state index contributed by atoms with van der Waals surface area (Å²) in [4.78, 5) is 11.5. The predicted molar refractivity (Wildman–Crippen MR) is 64.0 cm³/mol. The van der Waals surface area contributed by atoms with Crippen LogP contribution in [0.3, 0.4) is 0 Å². The lowest BCUT2D eigenvalue weighted by Gasteiger charge is -2.23. The number of halogens is 1.